The van der Waals surface area contributed by atoms with Crippen molar-refractivity contribution >= 4 is 11.6 Å². The van der Waals surface area contributed by atoms with Crippen LogP contribution in [-0.4, -0.2) is 15.6 Å². The van der Waals surface area contributed by atoms with E-state index in [1.807, 2.05) is 24.3 Å². The highest BCUT2D eigenvalue weighted by Gasteiger charge is 2.17. The van der Waals surface area contributed by atoms with Crippen molar-refractivity contribution in [2.75, 3.05) is 0 Å². The second kappa shape index (κ2) is 4.75. The molecule has 0 saturated heterocycles. The fourth-order valence-electron chi connectivity index (χ4n) is 2.43. The highest BCUT2D eigenvalue weighted by atomic mass is 35.5. The zero-order chi connectivity index (χ0) is 12.5. The zero-order valence-electron chi connectivity index (χ0n) is 10.1. The third-order valence-electron chi connectivity index (χ3n) is 3.42. The second-order valence-corrected chi connectivity index (χ2v) is 5.27. The third-order valence-corrected chi connectivity index (χ3v) is 3.79. The number of imidazole rings is 1. The number of hydrogen-bond donors (Lipinski definition) is 1. The van der Waals surface area contributed by atoms with Crippen LogP contribution in [0.5, 0.6) is 0 Å². The van der Waals surface area contributed by atoms with Gasteiger partial charge in [0.1, 0.15) is 5.82 Å². The van der Waals surface area contributed by atoms with Gasteiger partial charge in [-0.25, -0.2) is 4.98 Å². The predicted octanol–water partition coefficient (Wildman–Crippen LogP) is 2.40. The first-order valence-corrected chi connectivity index (χ1v) is 6.64. The van der Waals surface area contributed by atoms with Gasteiger partial charge in [0.15, 0.2) is 0 Å². The summed E-state index contributed by atoms with van der Waals surface area (Å²) in [5, 5.41) is 0.806. The summed E-state index contributed by atoms with van der Waals surface area (Å²) in [6.07, 6.45) is 4.83. The number of hydrogen-bond acceptors (Lipinski definition) is 2. The van der Waals surface area contributed by atoms with E-state index in [9.17, 15) is 0 Å². The molecule has 0 radical (unpaired) electrons. The zero-order valence-corrected chi connectivity index (χ0v) is 10.9. The van der Waals surface area contributed by atoms with Gasteiger partial charge in [0.05, 0.1) is 5.69 Å². The molecule has 2 aromatic rings. The van der Waals surface area contributed by atoms with E-state index in [2.05, 4.69) is 15.7 Å². The predicted molar refractivity (Wildman–Crippen MR) is 72.8 cm³/mol. The molecule has 0 aliphatic carbocycles. The van der Waals surface area contributed by atoms with E-state index in [0.29, 0.717) is 0 Å². The first-order valence-electron chi connectivity index (χ1n) is 6.26. The summed E-state index contributed by atoms with van der Waals surface area (Å²) in [5.41, 5.74) is 8.16. The molecule has 18 heavy (non-hydrogen) atoms. The van der Waals surface area contributed by atoms with E-state index in [-0.39, 0.29) is 6.04 Å². The molecule has 2 heterocycles. The van der Waals surface area contributed by atoms with Crippen LogP contribution in [-0.2, 0) is 19.4 Å². The summed E-state index contributed by atoms with van der Waals surface area (Å²) in [4.78, 5) is 4.66. The minimum Gasteiger partial charge on any atom is -0.335 e. The average Bonchev–Trinajstić information content (AvgIpc) is 2.73. The van der Waals surface area contributed by atoms with E-state index in [1.165, 1.54) is 0 Å². The van der Waals surface area contributed by atoms with E-state index in [1.54, 1.807) is 0 Å². The van der Waals surface area contributed by atoms with Gasteiger partial charge >= 0.3 is 0 Å². The maximum absolute atomic E-state index is 6.17. The summed E-state index contributed by atoms with van der Waals surface area (Å²) in [6, 6.07) is 8.18. The summed E-state index contributed by atoms with van der Waals surface area (Å²) < 4.78 is 2.22. The van der Waals surface area contributed by atoms with E-state index >= 15 is 0 Å². The van der Waals surface area contributed by atoms with Crippen molar-refractivity contribution in [3.63, 3.8) is 0 Å². The van der Waals surface area contributed by atoms with Gasteiger partial charge in [-0.15, -0.1) is 0 Å². The highest BCUT2D eigenvalue weighted by Crippen LogP contribution is 2.20. The molecule has 0 amide bonds. The third kappa shape index (κ3) is 2.28. The van der Waals surface area contributed by atoms with Crippen LogP contribution >= 0.6 is 11.6 Å². The fraction of sp³-hybridized carbons (Fsp3) is 0.357. The Bertz CT molecular complexity index is 562. The number of rotatable bonds is 2. The summed E-state index contributed by atoms with van der Waals surface area (Å²) in [5.74, 6) is 1.11. The van der Waals surface area contributed by atoms with Crippen LogP contribution in [0.4, 0.5) is 0 Å². The SMILES string of the molecule is NC1CCn2cc(Cc3ccccc3Cl)nc2C1. The Kier molecular flexibility index (Phi) is 3.10. The Hall–Kier alpha value is -1.32. The fourth-order valence-corrected chi connectivity index (χ4v) is 2.64. The molecule has 0 fully saturated rings. The maximum atomic E-state index is 6.17. The lowest BCUT2D eigenvalue weighted by molar-refractivity contribution is 0.463. The lowest BCUT2D eigenvalue weighted by atomic mass is 10.1. The van der Waals surface area contributed by atoms with Crippen molar-refractivity contribution < 1.29 is 0 Å². The van der Waals surface area contributed by atoms with E-state index < -0.39 is 0 Å². The number of aryl methyl sites for hydroxylation is 1. The van der Waals surface area contributed by atoms with E-state index in [0.717, 1.165) is 47.9 Å². The minimum atomic E-state index is 0.257. The normalized spacial score (nSPS) is 18.7. The lowest BCUT2D eigenvalue weighted by Gasteiger charge is -2.18. The minimum absolute atomic E-state index is 0.257. The van der Waals surface area contributed by atoms with Crippen molar-refractivity contribution in [2.45, 2.75) is 31.8 Å². The Labute approximate surface area is 112 Å². The molecular weight excluding hydrogens is 246 g/mol. The van der Waals surface area contributed by atoms with Crippen LogP contribution in [0.15, 0.2) is 30.5 Å². The Balaban J connectivity index is 1.84. The quantitative estimate of drug-likeness (QED) is 0.902. The van der Waals surface area contributed by atoms with Gasteiger partial charge in [-0.05, 0) is 18.1 Å². The molecule has 1 aromatic carbocycles. The van der Waals surface area contributed by atoms with Crippen LogP contribution in [0, 0.1) is 0 Å². The molecule has 1 aromatic heterocycles. The largest absolute Gasteiger partial charge is 0.335 e. The Morgan fingerprint density at radius 2 is 2.22 bits per heavy atom. The average molecular weight is 262 g/mol. The summed E-state index contributed by atoms with van der Waals surface area (Å²) in [6.45, 7) is 0.978. The number of halogens is 1. The van der Waals surface area contributed by atoms with Gasteiger partial charge in [-0.1, -0.05) is 29.8 Å². The van der Waals surface area contributed by atoms with Gasteiger partial charge in [-0.3, -0.25) is 0 Å². The first kappa shape index (κ1) is 11.8. The van der Waals surface area contributed by atoms with Crippen LogP contribution in [0.1, 0.15) is 23.5 Å². The molecule has 0 bridgehead atoms. The molecule has 1 aliphatic rings. The first-order chi connectivity index (χ1) is 8.72. The Morgan fingerprint density at radius 1 is 1.39 bits per heavy atom. The number of benzene rings is 1. The van der Waals surface area contributed by atoms with Gasteiger partial charge in [0.25, 0.3) is 0 Å². The number of nitrogens with zero attached hydrogens (tertiary/aromatic N) is 2. The van der Waals surface area contributed by atoms with Crippen LogP contribution < -0.4 is 5.73 Å². The lowest BCUT2D eigenvalue weighted by Crippen LogP contribution is -2.30. The van der Waals surface area contributed by atoms with Gasteiger partial charge in [0, 0.05) is 36.6 Å². The Morgan fingerprint density at radius 3 is 3.06 bits per heavy atom. The molecule has 1 aliphatic heterocycles. The van der Waals surface area contributed by atoms with E-state index in [4.69, 9.17) is 17.3 Å². The van der Waals surface area contributed by atoms with Crippen LogP contribution in [0.25, 0.3) is 0 Å². The van der Waals surface area contributed by atoms with Crippen molar-refractivity contribution in [2.24, 2.45) is 5.73 Å². The highest BCUT2D eigenvalue weighted by molar-refractivity contribution is 6.31. The summed E-state index contributed by atoms with van der Waals surface area (Å²) >= 11 is 6.17. The van der Waals surface area contributed by atoms with Crippen LogP contribution in [0.2, 0.25) is 5.02 Å². The standard InChI is InChI=1S/C14H16ClN3/c15-13-4-2-1-3-10(13)7-12-9-18-6-5-11(16)8-14(18)17-12/h1-4,9,11H,5-8,16H2. The maximum Gasteiger partial charge on any atom is 0.110 e. The van der Waals surface area contributed by atoms with Crippen molar-refractivity contribution in [1.29, 1.82) is 0 Å². The molecule has 4 heteroatoms. The molecule has 0 spiro atoms. The van der Waals surface area contributed by atoms with Gasteiger partial charge in [0.2, 0.25) is 0 Å². The topological polar surface area (TPSA) is 43.8 Å². The van der Waals surface area contributed by atoms with Crippen LogP contribution in [0.3, 0.4) is 0 Å². The molecule has 3 rings (SSSR count). The van der Waals surface area contributed by atoms with Crippen molar-refractivity contribution in [3.05, 3.63) is 52.6 Å². The molecule has 1 atom stereocenters. The number of fused-ring (bicyclic) bond motifs is 1. The van der Waals surface area contributed by atoms with Crippen molar-refractivity contribution in [3.8, 4) is 0 Å². The molecule has 94 valence electrons. The monoisotopic (exact) mass is 261 g/mol. The smallest absolute Gasteiger partial charge is 0.110 e. The van der Waals surface area contributed by atoms with Gasteiger partial charge < -0.3 is 10.3 Å². The molecular formula is C14H16ClN3. The second-order valence-electron chi connectivity index (χ2n) is 4.86. The van der Waals surface area contributed by atoms with Crippen molar-refractivity contribution in [1.82, 2.24) is 9.55 Å². The molecule has 3 nitrogen and oxygen atoms in total. The van der Waals surface area contributed by atoms with Gasteiger partial charge in [-0.2, -0.15) is 0 Å². The molecule has 1 unspecified atom stereocenters. The number of nitrogens with two attached hydrogens (primary N) is 1. The number of aromatic nitrogens is 2. The molecule has 2 N–H and O–H groups in total. The summed E-state index contributed by atoms with van der Waals surface area (Å²) in [7, 11) is 0. The molecule has 0 saturated carbocycles.